The van der Waals surface area contributed by atoms with Gasteiger partial charge in [0.05, 0.1) is 0 Å². The highest BCUT2D eigenvalue weighted by Gasteiger charge is 2.40. The van der Waals surface area contributed by atoms with Gasteiger partial charge < -0.3 is 10.1 Å². The van der Waals surface area contributed by atoms with E-state index < -0.39 is 0 Å². The highest BCUT2D eigenvalue weighted by atomic mass is 127. The second kappa shape index (κ2) is 3.63. The lowest BCUT2D eigenvalue weighted by atomic mass is 9.88. The zero-order valence-electron chi connectivity index (χ0n) is 8.55. The summed E-state index contributed by atoms with van der Waals surface area (Å²) in [4.78, 5) is 0. The maximum Gasteiger partial charge on any atom is 0.123 e. The molecule has 1 N–H and O–H groups in total. The molecule has 1 saturated heterocycles. The SMILES string of the molecule is Ic1ccc2c(c1)CC1(CCNCC1)O2. The van der Waals surface area contributed by atoms with Crippen LogP contribution in [0.25, 0.3) is 0 Å². The standard InChI is InChI=1S/C12H14INO/c13-10-1-2-11-9(7-10)8-12(15-11)3-5-14-6-4-12/h1-2,7,14H,3-6,8H2. The van der Waals surface area contributed by atoms with Crippen molar-refractivity contribution in [2.45, 2.75) is 24.9 Å². The summed E-state index contributed by atoms with van der Waals surface area (Å²) < 4.78 is 7.45. The smallest absolute Gasteiger partial charge is 0.123 e. The summed E-state index contributed by atoms with van der Waals surface area (Å²) in [7, 11) is 0. The largest absolute Gasteiger partial charge is 0.487 e. The molecule has 0 aromatic heterocycles. The third-order valence-corrected chi connectivity index (χ3v) is 4.05. The Morgan fingerprint density at radius 3 is 2.87 bits per heavy atom. The van der Waals surface area contributed by atoms with Gasteiger partial charge in [0.15, 0.2) is 0 Å². The number of halogens is 1. The summed E-state index contributed by atoms with van der Waals surface area (Å²) >= 11 is 2.36. The van der Waals surface area contributed by atoms with Crippen molar-refractivity contribution in [1.82, 2.24) is 5.32 Å². The van der Waals surface area contributed by atoms with Gasteiger partial charge in [-0.05, 0) is 72.3 Å². The highest BCUT2D eigenvalue weighted by Crippen LogP contribution is 2.40. The molecule has 0 aliphatic carbocycles. The van der Waals surface area contributed by atoms with E-state index in [0.29, 0.717) is 0 Å². The van der Waals surface area contributed by atoms with Gasteiger partial charge in [-0.25, -0.2) is 0 Å². The average molecular weight is 315 g/mol. The predicted molar refractivity (Wildman–Crippen MR) is 68.3 cm³/mol. The van der Waals surface area contributed by atoms with Gasteiger partial charge in [0.2, 0.25) is 0 Å². The first kappa shape index (κ1) is 9.90. The third-order valence-electron chi connectivity index (χ3n) is 3.38. The van der Waals surface area contributed by atoms with E-state index in [2.05, 4.69) is 46.1 Å². The molecule has 0 saturated carbocycles. The van der Waals surface area contributed by atoms with Crippen LogP contribution in [0.3, 0.4) is 0 Å². The number of piperidine rings is 1. The van der Waals surface area contributed by atoms with Crippen LogP contribution >= 0.6 is 22.6 Å². The van der Waals surface area contributed by atoms with Crippen LogP contribution < -0.4 is 10.1 Å². The normalized spacial score (nSPS) is 22.5. The molecule has 1 spiro atoms. The van der Waals surface area contributed by atoms with Crippen LogP contribution in [0, 0.1) is 3.57 Å². The Bertz CT molecular complexity index is 385. The highest BCUT2D eigenvalue weighted by molar-refractivity contribution is 14.1. The van der Waals surface area contributed by atoms with E-state index in [1.165, 1.54) is 9.13 Å². The van der Waals surface area contributed by atoms with E-state index in [1.807, 2.05) is 0 Å². The second-order valence-corrected chi connectivity index (χ2v) is 5.71. The minimum atomic E-state index is 0.109. The fraction of sp³-hybridized carbons (Fsp3) is 0.500. The summed E-state index contributed by atoms with van der Waals surface area (Å²) in [6.45, 7) is 2.18. The molecule has 3 heteroatoms. The zero-order chi connectivity index (χ0) is 10.3. The van der Waals surface area contributed by atoms with Crippen LogP contribution in [0.4, 0.5) is 0 Å². The topological polar surface area (TPSA) is 21.3 Å². The van der Waals surface area contributed by atoms with Crippen molar-refractivity contribution in [3.8, 4) is 5.75 Å². The Labute approximate surface area is 104 Å². The number of ether oxygens (including phenoxy) is 1. The molecule has 0 unspecified atom stereocenters. The first-order valence-electron chi connectivity index (χ1n) is 5.46. The van der Waals surface area contributed by atoms with E-state index in [0.717, 1.165) is 38.1 Å². The van der Waals surface area contributed by atoms with Crippen molar-refractivity contribution < 1.29 is 4.74 Å². The monoisotopic (exact) mass is 315 g/mol. The van der Waals surface area contributed by atoms with Crippen molar-refractivity contribution in [2.75, 3.05) is 13.1 Å². The Hall–Kier alpha value is -0.290. The van der Waals surface area contributed by atoms with Gasteiger partial charge in [-0.2, -0.15) is 0 Å². The van der Waals surface area contributed by atoms with Gasteiger partial charge in [-0.1, -0.05) is 0 Å². The van der Waals surface area contributed by atoms with E-state index in [9.17, 15) is 0 Å². The maximum atomic E-state index is 6.15. The minimum absolute atomic E-state index is 0.109. The molecule has 3 rings (SSSR count). The Balaban J connectivity index is 1.90. The van der Waals surface area contributed by atoms with Crippen molar-refractivity contribution in [2.24, 2.45) is 0 Å². The molecule has 2 nitrogen and oxygen atoms in total. The number of benzene rings is 1. The van der Waals surface area contributed by atoms with E-state index >= 15 is 0 Å². The van der Waals surface area contributed by atoms with Crippen LogP contribution in [0.5, 0.6) is 5.75 Å². The van der Waals surface area contributed by atoms with Gasteiger partial charge in [0.1, 0.15) is 11.4 Å². The summed E-state index contributed by atoms with van der Waals surface area (Å²) in [6.07, 6.45) is 3.37. The molecule has 1 aromatic carbocycles. The van der Waals surface area contributed by atoms with Crippen LogP contribution in [0.2, 0.25) is 0 Å². The molecule has 0 atom stereocenters. The van der Waals surface area contributed by atoms with E-state index in [4.69, 9.17) is 4.74 Å². The molecule has 2 heterocycles. The molecule has 0 radical (unpaired) electrons. The molecule has 0 amide bonds. The number of hydrogen-bond acceptors (Lipinski definition) is 2. The maximum absolute atomic E-state index is 6.15. The van der Waals surface area contributed by atoms with E-state index in [-0.39, 0.29) is 5.60 Å². The number of fused-ring (bicyclic) bond motifs is 1. The Kier molecular flexibility index (Phi) is 2.39. The molecule has 0 bridgehead atoms. The van der Waals surface area contributed by atoms with Crippen molar-refractivity contribution in [3.63, 3.8) is 0 Å². The third kappa shape index (κ3) is 1.76. The molecular formula is C12H14INO. The molecule has 80 valence electrons. The minimum Gasteiger partial charge on any atom is -0.487 e. The molecule has 2 aliphatic heterocycles. The average Bonchev–Trinajstić information content (AvgIpc) is 2.56. The zero-order valence-corrected chi connectivity index (χ0v) is 10.7. The molecule has 1 fully saturated rings. The number of nitrogens with one attached hydrogen (secondary N) is 1. The van der Waals surface area contributed by atoms with Crippen LogP contribution in [0.15, 0.2) is 18.2 Å². The fourth-order valence-corrected chi connectivity index (χ4v) is 3.12. The number of hydrogen-bond donors (Lipinski definition) is 1. The fourth-order valence-electron chi connectivity index (χ4n) is 2.56. The van der Waals surface area contributed by atoms with Crippen LogP contribution in [-0.4, -0.2) is 18.7 Å². The molecule has 1 aromatic rings. The summed E-state index contributed by atoms with van der Waals surface area (Å²) in [5.74, 6) is 1.11. The molecule has 2 aliphatic rings. The predicted octanol–water partition coefficient (Wildman–Crippen LogP) is 2.35. The van der Waals surface area contributed by atoms with Gasteiger partial charge in [0.25, 0.3) is 0 Å². The quantitative estimate of drug-likeness (QED) is 0.742. The first-order valence-corrected chi connectivity index (χ1v) is 6.54. The van der Waals surface area contributed by atoms with Gasteiger partial charge in [-0.15, -0.1) is 0 Å². The van der Waals surface area contributed by atoms with Crippen LogP contribution in [-0.2, 0) is 6.42 Å². The lowest BCUT2D eigenvalue weighted by molar-refractivity contribution is 0.0600. The summed E-state index contributed by atoms with van der Waals surface area (Å²) in [5, 5.41) is 3.39. The summed E-state index contributed by atoms with van der Waals surface area (Å²) in [6, 6.07) is 6.50. The van der Waals surface area contributed by atoms with Crippen molar-refractivity contribution in [1.29, 1.82) is 0 Å². The van der Waals surface area contributed by atoms with Crippen LogP contribution in [0.1, 0.15) is 18.4 Å². The van der Waals surface area contributed by atoms with E-state index in [1.54, 1.807) is 0 Å². The Morgan fingerprint density at radius 1 is 1.27 bits per heavy atom. The molecular weight excluding hydrogens is 301 g/mol. The number of rotatable bonds is 0. The van der Waals surface area contributed by atoms with Gasteiger partial charge >= 0.3 is 0 Å². The second-order valence-electron chi connectivity index (χ2n) is 4.46. The van der Waals surface area contributed by atoms with Crippen molar-refractivity contribution >= 4 is 22.6 Å². The Morgan fingerprint density at radius 2 is 2.07 bits per heavy atom. The molecule has 15 heavy (non-hydrogen) atoms. The van der Waals surface area contributed by atoms with Gasteiger partial charge in [-0.3, -0.25) is 0 Å². The summed E-state index contributed by atoms with van der Waals surface area (Å²) in [5.41, 5.74) is 1.50. The van der Waals surface area contributed by atoms with Gasteiger partial charge in [0, 0.05) is 9.99 Å². The van der Waals surface area contributed by atoms with Crippen molar-refractivity contribution in [3.05, 3.63) is 27.3 Å². The lowest BCUT2D eigenvalue weighted by Crippen LogP contribution is -2.45. The first-order chi connectivity index (χ1) is 7.27. The lowest BCUT2D eigenvalue weighted by Gasteiger charge is -2.33.